The average Bonchev–Trinajstić information content (AvgIpc) is 3.00. The first-order chi connectivity index (χ1) is 14.5. The van der Waals surface area contributed by atoms with Gasteiger partial charge < -0.3 is 9.84 Å². The molecule has 0 saturated heterocycles. The molecule has 30 heavy (non-hydrogen) atoms. The molecule has 4 aromatic rings. The van der Waals surface area contributed by atoms with Gasteiger partial charge >= 0.3 is 11.7 Å². The van der Waals surface area contributed by atoms with Crippen LogP contribution >= 0.6 is 11.6 Å². The van der Waals surface area contributed by atoms with E-state index in [0.717, 1.165) is 0 Å². The Morgan fingerprint density at radius 2 is 1.97 bits per heavy atom. The Kier molecular flexibility index (Phi) is 5.29. The van der Waals surface area contributed by atoms with Crippen molar-refractivity contribution < 1.29 is 14.6 Å². The molecule has 0 amide bonds. The summed E-state index contributed by atoms with van der Waals surface area (Å²) in [6.45, 7) is 2.58. The number of aromatic nitrogens is 3. The van der Waals surface area contributed by atoms with Gasteiger partial charge in [0.2, 0.25) is 5.88 Å². The normalized spacial score (nSPS) is 11.0. The number of carboxylic acid groups (broad SMARTS) is 1. The van der Waals surface area contributed by atoms with Crippen molar-refractivity contribution in [1.29, 1.82) is 0 Å². The Bertz CT molecular complexity index is 1290. The van der Waals surface area contributed by atoms with E-state index < -0.39 is 5.97 Å². The topological polar surface area (TPSA) is 86.3 Å². The SMILES string of the molecule is CCOc1ccc(-n2c(=O)n(Cc3cccc(C(=O)O)c3)c3ccc(Cl)cc32)cn1. The maximum Gasteiger partial charge on any atom is 0.335 e. The molecule has 7 nitrogen and oxygen atoms in total. The van der Waals surface area contributed by atoms with Crippen molar-refractivity contribution in [2.45, 2.75) is 13.5 Å². The molecular weight excluding hydrogens is 406 g/mol. The van der Waals surface area contributed by atoms with E-state index in [0.29, 0.717) is 39.8 Å². The van der Waals surface area contributed by atoms with Crippen LogP contribution in [0, 0.1) is 0 Å². The molecule has 4 rings (SSSR count). The van der Waals surface area contributed by atoms with Gasteiger partial charge in [0, 0.05) is 11.1 Å². The van der Waals surface area contributed by atoms with Gasteiger partial charge in [-0.05, 0) is 48.9 Å². The number of fused-ring (bicyclic) bond motifs is 1. The molecule has 8 heteroatoms. The van der Waals surface area contributed by atoms with Crippen molar-refractivity contribution in [2.75, 3.05) is 6.61 Å². The summed E-state index contributed by atoms with van der Waals surface area (Å²) in [5, 5.41) is 9.74. The van der Waals surface area contributed by atoms with E-state index in [1.807, 2.05) is 6.92 Å². The van der Waals surface area contributed by atoms with Gasteiger partial charge in [0.25, 0.3) is 0 Å². The highest BCUT2D eigenvalue weighted by Gasteiger charge is 2.16. The van der Waals surface area contributed by atoms with Crippen LogP contribution in [0.3, 0.4) is 0 Å². The third-order valence-corrected chi connectivity index (χ3v) is 4.91. The number of ether oxygens (including phenoxy) is 1. The summed E-state index contributed by atoms with van der Waals surface area (Å²) >= 11 is 6.20. The molecule has 2 aromatic heterocycles. The van der Waals surface area contributed by atoms with Crippen LogP contribution in [0.15, 0.2) is 65.6 Å². The number of hydrogen-bond acceptors (Lipinski definition) is 4. The van der Waals surface area contributed by atoms with Crippen LogP contribution in [-0.4, -0.2) is 31.8 Å². The second-order valence-electron chi connectivity index (χ2n) is 6.63. The van der Waals surface area contributed by atoms with Gasteiger partial charge in [-0.2, -0.15) is 0 Å². The fraction of sp³-hybridized carbons (Fsp3) is 0.136. The molecule has 0 aliphatic rings. The molecule has 0 unspecified atom stereocenters. The van der Waals surface area contributed by atoms with Gasteiger partial charge in [-0.1, -0.05) is 23.7 Å². The first-order valence-electron chi connectivity index (χ1n) is 9.30. The van der Waals surface area contributed by atoms with Crippen molar-refractivity contribution in [3.8, 4) is 11.6 Å². The van der Waals surface area contributed by atoms with Crippen LogP contribution in [0.1, 0.15) is 22.8 Å². The summed E-state index contributed by atoms with van der Waals surface area (Å²) in [7, 11) is 0. The number of hydrogen-bond donors (Lipinski definition) is 1. The second kappa shape index (κ2) is 8.04. The third kappa shape index (κ3) is 3.67. The van der Waals surface area contributed by atoms with Crippen LogP contribution in [0.2, 0.25) is 5.02 Å². The number of pyridine rings is 1. The van der Waals surface area contributed by atoms with E-state index in [2.05, 4.69) is 4.98 Å². The first kappa shape index (κ1) is 19.7. The van der Waals surface area contributed by atoms with Gasteiger partial charge in [0.1, 0.15) is 0 Å². The monoisotopic (exact) mass is 423 g/mol. The lowest BCUT2D eigenvalue weighted by Gasteiger charge is -2.06. The number of rotatable bonds is 6. The third-order valence-electron chi connectivity index (χ3n) is 4.68. The zero-order valence-electron chi connectivity index (χ0n) is 16.1. The zero-order chi connectivity index (χ0) is 21.3. The molecule has 2 aromatic carbocycles. The summed E-state index contributed by atoms with van der Waals surface area (Å²) < 4.78 is 8.49. The lowest BCUT2D eigenvalue weighted by atomic mass is 10.1. The molecule has 2 heterocycles. The molecular formula is C22H18ClN3O4. The standard InChI is InChI=1S/C22H18ClN3O4/c1-2-30-20-9-7-17(12-24-20)26-19-11-16(23)6-8-18(19)25(22(26)29)13-14-4-3-5-15(10-14)21(27)28/h3-12H,2,13H2,1H3,(H,27,28). The molecule has 0 spiro atoms. The molecule has 0 saturated carbocycles. The summed E-state index contributed by atoms with van der Waals surface area (Å²) in [5.74, 6) is -0.541. The van der Waals surface area contributed by atoms with Crippen LogP contribution in [0.5, 0.6) is 5.88 Å². The largest absolute Gasteiger partial charge is 0.478 e. The summed E-state index contributed by atoms with van der Waals surface area (Å²) in [6.07, 6.45) is 1.57. The van der Waals surface area contributed by atoms with E-state index >= 15 is 0 Å². The Morgan fingerprint density at radius 1 is 1.13 bits per heavy atom. The Morgan fingerprint density at radius 3 is 2.67 bits per heavy atom. The number of halogens is 1. The smallest absolute Gasteiger partial charge is 0.335 e. The van der Waals surface area contributed by atoms with Crippen LogP contribution in [-0.2, 0) is 6.54 Å². The van der Waals surface area contributed by atoms with Crippen molar-refractivity contribution in [3.63, 3.8) is 0 Å². The van der Waals surface area contributed by atoms with Crippen molar-refractivity contribution >= 4 is 28.6 Å². The minimum Gasteiger partial charge on any atom is -0.478 e. The number of imidazole rings is 1. The Labute approximate surface area is 176 Å². The molecule has 0 fully saturated rings. The van der Waals surface area contributed by atoms with E-state index in [1.165, 1.54) is 10.6 Å². The molecule has 0 atom stereocenters. The summed E-state index contributed by atoms with van der Waals surface area (Å²) in [5.41, 5.74) is 2.48. The average molecular weight is 424 g/mol. The quantitative estimate of drug-likeness (QED) is 0.506. The molecule has 0 aliphatic carbocycles. The molecule has 1 N–H and O–H groups in total. The fourth-order valence-corrected chi connectivity index (χ4v) is 3.52. The highest BCUT2D eigenvalue weighted by atomic mass is 35.5. The zero-order valence-corrected chi connectivity index (χ0v) is 16.8. The van der Waals surface area contributed by atoms with E-state index in [1.54, 1.807) is 59.3 Å². The lowest BCUT2D eigenvalue weighted by Crippen LogP contribution is -2.24. The number of benzene rings is 2. The lowest BCUT2D eigenvalue weighted by molar-refractivity contribution is 0.0696. The van der Waals surface area contributed by atoms with Crippen LogP contribution < -0.4 is 10.4 Å². The Hall–Kier alpha value is -3.58. The van der Waals surface area contributed by atoms with Crippen LogP contribution in [0.25, 0.3) is 16.7 Å². The van der Waals surface area contributed by atoms with Gasteiger partial charge in [-0.15, -0.1) is 0 Å². The van der Waals surface area contributed by atoms with Crippen molar-refractivity contribution in [3.05, 3.63) is 87.4 Å². The van der Waals surface area contributed by atoms with E-state index in [9.17, 15) is 14.7 Å². The predicted molar refractivity (Wildman–Crippen MR) is 114 cm³/mol. The van der Waals surface area contributed by atoms with E-state index in [4.69, 9.17) is 16.3 Å². The summed E-state index contributed by atoms with van der Waals surface area (Å²) in [4.78, 5) is 28.9. The predicted octanol–water partition coefficient (Wildman–Crippen LogP) is 3.99. The fourth-order valence-electron chi connectivity index (χ4n) is 3.36. The Balaban J connectivity index is 1.85. The first-order valence-corrected chi connectivity index (χ1v) is 9.68. The minimum absolute atomic E-state index is 0.169. The number of carboxylic acids is 1. The molecule has 0 bridgehead atoms. The van der Waals surface area contributed by atoms with Gasteiger partial charge in [-0.3, -0.25) is 9.13 Å². The van der Waals surface area contributed by atoms with E-state index in [-0.39, 0.29) is 17.8 Å². The highest BCUT2D eigenvalue weighted by molar-refractivity contribution is 6.31. The maximum absolute atomic E-state index is 13.3. The summed E-state index contributed by atoms with van der Waals surface area (Å²) in [6, 6.07) is 15.2. The number of nitrogens with zero attached hydrogens (tertiary/aromatic N) is 3. The minimum atomic E-state index is -1.01. The van der Waals surface area contributed by atoms with Crippen molar-refractivity contribution in [2.24, 2.45) is 0 Å². The maximum atomic E-state index is 13.3. The number of aromatic carboxylic acids is 1. The molecule has 0 radical (unpaired) electrons. The highest BCUT2D eigenvalue weighted by Crippen LogP contribution is 2.23. The van der Waals surface area contributed by atoms with Gasteiger partial charge in [0.15, 0.2) is 0 Å². The second-order valence-corrected chi connectivity index (χ2v) is 7.07. The molecule has 0 aliphatic heterocycles. The van der Waals surface area contributed by atoms with Gasteiger partial charge in [-0.25, -0.2) is 14.6 Å². The van der Waals surface area contributed by atoms with Crippen molar-refractivity contribution in [1.82, 2.24) is 14.1 Å². The molecule has 152 valence electrons. The van der Waals surface area contributed by atoms with Gasteiger partial charge in [0.05, 0.1) is 41.6 Å². The number of carbonyl (C=O) groups is 1. The van der Waals surface area contributed by atoms with Crippen LogP contribution in [0.4, 0.5) is 0 Å².